The Morgan fingerprint density at radius 2 is 1.73 bits per heavy atom. The van der Waals surface area contributed by atoms with Crippen LogP contribution in [0.4, 0.5) is 5.69 Å². The van der Waals surface area contributed by atoms with Crippen LogP contribution in [0.15, 0.2) is 53.2 Å². The lowest BCUT2D eigenvalue weighted by atomic mass is 9.96. The van der Waals surface area contributed by atoms with Crippen LogP contribution in [0.5, 0.6) is 0 Å². The fourth-order valence-electron chi connectivity index (χ4n) is 2.62. The van der Waals surface area contributed by atoms with Crippen molar-refractivity contribution in [3.63, 3.8) is 0 Å². The molecule has 0 saturated heterocycles. The number of nitrogens with one attached hydrogen (secondary N) is 1. The Bertz CT molecular complexity index is 897. The van der Waals surface area contributed by atoms with Gasteiger partial charge >= 0.3 is 5.97 Å². The van der Waals surface area contributed by atoms with Gasteiger partial charge in [-0.1, -0.05) is 41.5 Å². The van der Waals surface area contributed by atoms with Crippen molar-refractivity contribution >= 4 is 29.4 Å². The van der Waals surface area contributed by atoms with Crippen LogP contribution in [0.25, 0.3) is 5.57 Å². The second kappa shape index (κ2) is 8.09. The summed E-state index contributed by atoms with van der Waals surface area (Å²) in [6.45, 7) is 3.70. The van der Waals surface area contributed by atoms with Crippen LogP contribution in [-0.2, 0) is 4.79 Å². The van der Waals surface area contributed by atoms with Gasteiger partial charge in [0.25, 0.3) is 0 Å². The molecule has 0 aliphatic rings. The van der Waals surface area contributed by atoms with E-state index in [4.69, 9.17) is 11.6 Å². The Hall–Kier alpha value is -3.45. The number of carbonyl (C=O) groups is 2. The SMILES string of the molecule is Cc1cc(C)cc(C(C(=O)O)=C(N)C(=O)c2cccc(N=CNN)c2)c1. The Kier molecular flexibility index (Phi) is 5.87. The van der Waals surface area contributed by atoms with Crippen molar-refractivity contribution in [2.24, 2.45) is 16.6 Å². The number of hydrogen-bond donors (Lipinski definition) is 4. The van der Waals surface area contributed by atoms with Gasteiger partial charge in [-0.2, -0.15) is 0 Å². The molecule has 0 atom stereocenters. The lowest BCUT2D eigenvalue weighted by molar-refractivity contribution is -0.130. The number of rotatable bonds is 6. The zero-order valence-corrected chi connectivity index (χ0v) is 14.5. The molecule has 0 unspecified atom stereocenters. The van der Waals surface area contributed by atoms with E-state index in [0.29, 0.717) is 11.3 Å². The highest BCUT2D eigenvalue weighted by molar-refractivity contribution is 6.25. The molecular formula is C19H20N4O3. The van der Waals surface area contributed by atoms with E-state index in [1.165, 1.54) is 12.4 Å². The number of Topliss-reactive ketones (excluding diaryl/α,β-unsaturated/α-hetero) is 1. The summed E-state index contributed by atoms with van der Waals surface area (Å²) in [7, 11) is 0. The minimum absolute atomic E-state index is 0.223. The van der Waals surface area contributed by atoms with Crippen LogP contribution in [0.2, 0.25) is 0 Å². The van der Waals surface area contributed by atoms with Gasteiger partial charge in [0.2, 0.25) is 5.78 Å². The maximum absolute atomic E-state index is 12.7. The molecule has 0 radical (unpaired) electrons. The van der Waals surface area contributed by atoms with Gasteiger partial charge in [0.15, 0.2) is 0 Å². The number of carboxylic acids is 1. The first-order valence-electron chi connectivity index (χ1n) is 7.78. The fourth-order valence-corrected chi connectivity index (χ4v) is 2.62. The molecule has 0 spiro atoms. The van der Waals surface area contributed by atoms with Crippen LogP contribution in [0.1, 0.15) is 27.0 Å². The third-order valence-electron chi connectivity index (χ3n) is 3.63. The standard InChI is InChI=1S/C19H20N4O3/c1-11-6-12(2)8-14(7-11)16(19(25)26)17(20)18(24)13-4-3-5-15(9-13)22-10-23-21/h3-10H,20-21H2,1-2H3,(H,22,23)(H,25,26). The average molecular weight is 352 g/mol. The molecule has 0 aliphatic carbocycles. The van der Waals surface area contributed by atoms with E-state index in [0.717, 1.165) is 11.1 Å². The molecule has 7 heteroatoms. The van der Waals surface area contributed by atoms with E-state index in [1.807, 2.05) is 19.9 Å². The monoisotopic (exact) mass is 352 g/mol. The number of hydrazine groups is 1. The predicted molar refractivity (Wildman–Crippen MR) is 101 cm³/mol. The molecule has 26 heavy (non-hydrogen) atoms. The normalized spacial score (nSPS) is 12.0. The number of hydrogen-bond acceptors (Lipinski definition) is 5. The summed E-state index contributed by atoms with van der Waals surface area (Å²) in [6, 6.07) is 11.6. The highest BCUT2D eigenvalue weighted by atomic mass is 16.4. The summed E-state index contributed by atoms with van der Waals surface area (Å²) in [6.07, 6.45) is 1.26. The van der Waals surface area contributed by atoms with Crippen LogP contribution >= 0.6 is 0 Å². The lowest BCUT2D eigenvalue weighted by Crippen LogP contribution is -2.19. The van der Waals surface area contributed by atoms with Crippen molar-refractivity contribution in [3.8, 4) is 0 Å². The van der Waals surface area contributed by atoms with Gasteiger partial charge < -0.3 is 16.3 Å². The van der Waals surface area contributed by atoms with Gasteiger partial charge in [0, 0.05) is 5.56 Å². The first-order chi connectivity index (χ1) is 12.3. The molecule has 0 amide bonds. The molecule has 0 aliphatic heterocycles. The third-order valence-corrected chi connectivity index (χ3v) is 3.63. The molecule has 0 aromatic heterocycles. The quantitative estimate of drug-likeness (QED) is 0.157. The number of aliphatic imine (C=N–C) groups is 1. The Morgan fingerprint density at radius 3 is 2.31 bits per heavy atom. The predicted octanol–water partition coefficient (Wildman–Crippen LogP) is 2.06. The molecule has 0 heterocycles. The highest BCUT2D eigenvalue weighted by Crippen LogP contribution is 2.23. The van der Waals surface area contributed by atoms with Crippen molar-refractivity contribution in [2.75, 3.05) is 0 Å². The summed E-state index contributed by atoms with van der Waals surface area (Å²) >= 11 is 0. The molecule has 2 rings (SSSR count). The molecule has 2 aromatic carbocycles. The van der Waals surface area contributed by atoms with Gasteiger partial charge in [-0.25, -0.2) is 15.6 Å². The van der Waals surface area contributed by atoms with Gasteiger partial charge in [-0.3, -0.25) is 4.79 Å². The van der Waals surface area contributed by atoms with Crippen LogP contribution in [0.3, 0.4) is 0 Å². The lowest BCUT2D eigenvalue weighted by Gasteiger charge is -2.10. The third kappa shape index (κ3) is 4.34. The van der Waals surface area contributed by atoms with E-state index in [-0.39, 0.29) is 16.8 Å². The number of nitrogens with zero attached hydrogens (tertiary/aromatic N) is 1. The minimum atomic E-state index is -1.26. The van der Waals surface area contributed by atoms with Crippen molar-refractivity contribution in [3.05, 3.63) is 70.4 Å². The molecule has 6 N–H and O–H groups in total. The molecule has 134 valence electrons. The van der Waals surface area contributed by atoms with E-state index in [2.05, 4.69) is 10.4 Å². The van der Waals surface area contributed by atoms with E-state index >= 15 is 0 Å². The first kappa shape index (κ1) is 18.9. The second-order valence-corrected chi connectivity index (χ2v) is 5.77. The minimum Gasteiger partial charge on any atom is -0.478 e. The van der Waals surface area contributed by atoms with Crippen LogP contribution in [0, 0.1) is 13.8 Å². The number of allylic oxidation sites excluding steroid dienone is 1. The molecule has 0 saturated carbocycles. The number of benzene rings is 2. The molecule has 2 aromatic rings. The first-order valence-corrected chi connectivity index (χ1v) is 7.78. The summed E-state index contributed by atoms with van der Waals surface area (Å²) in [5, 5.41) is 9.61. The van der Waals surface area contributed by atoms with E-state index < -0.39 is 11.8 Å². The molecule has 7 nitrogen and oxygen atoms in total. The fraction of sp³-hybridized carbons (Fsp3) is 0.105. The Labute approximate surface area is 151 Å². The summed E-state index contributed by atoms with van der Waals surface area (Å²) in [5.41, 5.74) is 10.5. The van der Waals surface area contributed by atoms with Gasteiger partial charge in [0.1, 0.15) is 6.34 Å². The largest absolute Gasteiger partial charge is 0.478 e. The van der Waals surface area contributed by atoms with E-state index in [1.54, 1.807) is 30.3 Å². The average Bonchev–Trinajstić information content (AvgIpc) is 2.58. The van der Waals surface area contributed by atoms with Crippen molar-refractivity contribution in [1.82, 2.24) is 5.43 Å². The van der Waals surface area contributed by atoms with Crippen LogP contribution in [-0.4, -0.2) is 23.2 Å². The van der Waals surface area contributed by atoms with E-state index in [9.17, 15) is 14.7 Å². The summed E-state index contributed by atoms with van der Waals surface area (Å²) in [5.74, 6) is 3.28. The number of nitrogens with two attached hydrogens (primary N) is 2. The van der Waals surface area contributed by atoms with Gasteiger partial charge in [-0.15, -0.1) is 0 Å². The second-order valence-electron chi connectivity index (χ2n) is 5.77. The summed E-state index contributed by atoms with van der Waals surface area (Å²) in [4.78, 5) is 28.5. The molecule has 0 fully saturated rings. The topological polar surface area (TPSA) is 131 Å². The highest BCUT2D eigenvalue weighted by Gasteiger charge is 2.21. The summed E-state index contributed by atoms with van der Waals surface area (Å²) < 4.78 is 0. The smallest absolute Gasteiger partial charge is 0.338 e. The maximum Gasteiger partial charge on any atom is 0.338 e. The van der Waals surface area contributed by atoms with Gasteiger partial charge in [0.05, 0.1) is 17.0 Å². The zero-order valence-electron chi connectivity index (χ0n) is 14.5. The van der Waals surface area contributed by atoms with Crippen molar-refractivity contribution < 1.29 is 14.7 Å². The number of carboxylic acid groups (broad SMARTS) is 1. The number of aryl methyl sites for hydroxylation is 2. The number of carbonyl (C=O) groups excluding carboxylic acids is 1. The zero-order chi connectivity index (χ0) is 19.3. The Morgan fingerprint density at radius 1 is 1.08 bits per heavy atom. The maximum atomic E-state index is 12.7. The van der Waals surface area contributed by atoms with Crippen molar-refractivity contribution in [2.45, 2.75) is 13.8 Å². The number of aliphatic carboxylic acids is 1. The Balaban J connectivity index is 2.53. The van der Waals surface area contributed by atoms with Crippen molar-refractivity contribution in [1.29, 1.82) is 0 Å². The molecule has 0 bridgehead atoms. The molecular weight excluding hydrogens is 332 g/mol. The van der Waals surface area contributed by atoms with Gasteiger partial charge in [-0.05, 0) is 31.5 Å². The number of ketones is 1. The van der Waals surface area contributed by atoms with Crippen LogP contribution < -0.4 is 17.0 Å².